The molecule has 1 N–H and O–H groups in total. The third-order valence-electron chi connectivity index (χ3n) is 5.57. The molecule has 2 aliphatic heterocycles. The number of hydrogen-bond acceptors (Lipinski definition) is 5. The fourth-order valence-corrected chi connectivity index (χ4v) is 5.99. The summed E-state index contributed by atoms with van der Waals surface area (Å²) in [6.07, 6.45) is -0.171. The zero-order valence-electron chi connectivity index (χ0n) is 15.6. The molecule has 0 bridgehead atoms. The maximum atomic E-state index is 11.3. The number of aryl methyl sites for hydroxylation is 1. The Morgan fingerprint density at radius 1 is 1.27 bits per heavy atom. The molecular weight excluding hydrogens is 346 g/mol. The van der Waals surface area contributed by atoms with Crippen molar-refractivity contribution < 1.29 is 9.53 Å². The highest BCUT2D eigenvalue weighted by molar-refractivity contribution is 7.99. The number of carbonyl (C=O) groups is 1. The second-order valence-corrected chi connectivity index (χ2v) is 8.71. The normalized spacial score (nSPS) is 29.5. The van der Waals surface area contributed by atoms with E-state index in [1.165, 1.54) is 21.5 Å². The molecule has 0 radical (unpaired) electrons. The van der Waals surface area contributed by atoms with E-state index >= 15 is 0 Å². The lowest BCUT2D eigenvalue weighted by Gasteiger charge is -2.40. The molecule has 5 nitrogen and oxygen atoms in total. The molecule has 1 fully saturated rings. The van der Waals surface area contributed by atoms with Gasteiger partial charge in [0.2, 0.25) is 0 Å². The third kappa shape index (κ3) is 3.15. The van der Waals surface area contributed by atoms with E-state index in [0.717, 1.165) is 25.4 Å². The van der Waals surface area contributed by atoms with Crippen LogP contribution < -0.4 is 5.32 Å². The van der Waals surface area contributed by atoms with Gasteiger partial charge in [0.1, 0.15) is 6.10 Å². The second-order valence-electron chi connectivity index (χ2n) is 7.71. The first-order valence-corrected chi connectivity index (χ1v) is 10.3. The van der Waals surface area contributed by atoms with E-state index in [2.05, 4.69) is 59.9 Å². The average molecular weight is 374 g/mol. The van der Waals surface area contributed by atoms with Crippen molar-refractivity contribution in [1.82, 2.24) is 14.8 Å². The predicted octanol–water partition coefficient (Wildman–Crippen LogP) is 2.80. The fourth-order valence-electron chi connectivity index (χ4n) is 4.67. The molecule has 1 aromatic carbocycles. The van der Waals surface area contributed by atoms with Gasteiger partial charge < -0.3 is 14.6 Å². The fraction of sp³-hybridized carbons (Fsp3) is 0.550. The quantitative estimate of drug-likeness (QED) is 0.835. The number of aromatic nitrogens is 1. The molecule has 2 aromatic rings. The predicted molar refractivity (Wildman–Crippen MR) is 106 cm³/mol. The van der Waals surface area contributed by atoms with Gasteiger partial charge in [-0.25, -0.2) is 0 Å². The van der Waals surface area contributed by atoms with Crippen LogP contribution in [0.3, 0.4) is 0 Å². The Morgan fingerprint density at radius 3 is 2.73 bits per heavy atom. The number of carbonyl (C=O) groups excluding carboxylic acids is 1. The van der Waals surface area contributed by atoms with Gasteiger partial charge in [0, 0.05) is 66.9 Å². The van der Waals surface area contributed by atoms with Crippen LogP contribution in [0, 0.1) is 5.92 Å². The van der Waals surface area contributed by atoms with Crippen molar-refractivity contribution in [1.29, 1.82) is 0 Å². The topological polar surface area (TPSA) is 46.5 Å². The van der Waals surface area contributed by atoms with E-state index in [0.29, 0.717) is 24.5 Å². The Labute approximate surface area is 159 Å². The lowest BCUT2D eigenvalue weighted by Crippen LogP contribution is -2.55. The summed E-state index contributed by atoms with van der Waals surface area (Å²) in [5.41, 5.74) is 2.39. The van der Waals surface area contributed by atoms with Gasteiger partial charge >= 0.3 is 0 Å². The van der Waals surface area contributed by atoms with Gasteiger partial charge in [-0.3, -0.25) is 9.69 Å². The van der Waals surface area contributed by atoms with Crippen LogP contribution in [0.5, 0.6) is 0 Å². The number of nitrogens with zero attached hydrogens (tertiary/aromatic N) is 2. The lowest BCUT2D eigenvalue weighted by atomic mass is 9.94. The van der Waals surface area contributed by atoms with Gasteiger partial charge in [-0.2, -0.15) is 0 Å². The van der Waals surface area contributed by atoms with Gasteiger partial charge in [-0.1, -0.05) is 18.2 Å². The molecule has 1 saturated heterocycles. The summed E-state index contributed by atoms with van der Waals surface area (Å²) >= 11 is 1.89. The minimum Gasteiger partial charge on any atom is -0.459 e. The molecule has 4 atom stereocenters. The number of fused-ring (bicyclic) bond motifs is 3. The van der Waals surface area contributed by atoms with Gasteiger partial charge in [-0.05, 0) is 19.9 Å². The largest absolute Gasteiger partial charge is 0.459 e. The number of benzene rings is 1. The van der Waals surface area contributed by atoms with Crippen molar-refractivity contribution in [3.63, 3.8) is 0 Å². The zero-order valence-corrected chi connectivity index (χ0v) is 16.5. The monoisotopic (exact) mass is 373 g/mol. The van der Waals surface area contributed by atoms with Crippen LogP contribution in [0.15, 0.2) is 29.3 Å². The first-order valence-electron chi connectivity index (χ1n) is 9.36. The van der Waals surface area contributed by atoms with Crippen molar-refractivity contribution in [2.24, 2.45) is 13.0 Å². The van der Waals surface area contributed by atoms with Crippen LogP contribution in [0.1, 0.15) is 25.5 Å². The minimum atomic E-state index is -0.171. The van der Waals surface area contributed by atoms with Crippen LogP contribution in [0.2, 0.25) is 0 Å². The molecule has 4 rings (SSSR count). The molecule has 4 unspecified atom stereocenters. The Kier molecular flexibility index (Phi) is 4.99. The van der Waals surface area contributed by atoms with Crippen molar-refractivity contribution in [2.45, 2.75) is 37.1 Å². The van der Waals surface area contributed by atoms with E-state index in [1.54, 1.807) is 0 Å². The number of nitrogens with one attached hydrogen (secondary N) is 1. The number of para-hydroxylation sites is 1. The number of rotatable bonds is 4. The summed E-state index contributed by atoms with van der Waals surface area (Å²) < 4.78 is 7.93. The SMILES string of the molecule is CC1CN(CC2CSc3c(c4ccccc4n3C)C2OC=O)CC(C)N1. The molecule has 3 heterocycles. The molecule has 140 valence electrons. The maximum absolute atomic E-state index is 11.3. The summed E-state index contributed by atoms with van der Waals surface area (Å²) in [5, 5.41) is 6.03. The smallest absolute Gasteiger partial charge is 0.293 e. The van der Waals surface area contributed by atoms with Crippen LogP contribution in [-0.4, -0.2) is 53.4 Å². The van der Waals surface area contributed by atoms with Crippen molar-refractivity contribution in [2.75, 3.05) is 25.4 Å². The van der Waals surface area contributed by atoms with Gasteiger partial charge in [0.15, 0.2) is 0 Å². The first kappa shape index (κ1) is 17.9. The highest BCUT2D eigenvalue weighted by Crippen LogP contribution is 2.46. The number of piperazine rings is 1. The summed E-state index contributed by atoms with van der Waals surface area (Å²) in [5.74, 6) is 1.28. The number of thioether (sulfide) groups is 1. The van der Waals surface area contributed by atoms with E-state index in [-0.39, 0.29) is 6.10 Å². The summed E-state index contributed by atoms with van der Waals surface area (Å²) in [7, 11) is 2.10. The average Bonchev–Trinajstić information content (AvgIpc) is 2.89. The minimum absolute atomic E-state index is 0.171. The Balaban J connectivity index is 1.66. The Morgan fingerprint density at radius 2 is 2.00 bits per heavy atom. The first-order chi connectivity index (χ1) is 12.6. The van der Waals surface area contributed by atoms with Gasteiger partial charge in [0.05, 0.1) is 5.03 Å². The standard InChI is InChI=1S/C20H27N3O2S/c1-13-8-23(9-14(2)21-13)10-15-11-26-20-18(19(15)25-12-24)16-6-4-5-7-17(16)22(20)3/h4-7,12-15,19,21H,8-11H2,1-3H3. The highest BCUT2D eigenvalue weighted by Gasteiger charge is 2.37. The van der Waals surface area contributed by atoms with Gasteiger partial charge in [-0.15, -0.1) is 11.8 Å². The second kappa shape index (κ2) is 7.25. The van der Waals surface area contributed by atoms with Crippen LogP contribution in [0.4, 0.5) is 0 Å². The molecular formula is C20H27N3O2S. The Bertz CT molecular complexity index is 796. The molecule has 6 heteroatoms. The molecule has 1 aromatic heterocycles. The zero-order chi connectivity index (χ0) is 18.3. The summed E-state index contributed by atoms with van der Waals surface area (Å²) in [6.45, 7) is 8.15. The molecule has 26 heavy (non-hydrogen) atoms. The molecule has 0 amide bonds. The third-order valence-corrected chi connectivity index (χ3v) is 6.93. The van der Waals surface area contributed by atoms with Crippen LogP contribution >= 0.6 is 11.8 Å². The van der Waals surface area contributed by atoms with Crippen LogP contribution in [-0.2, 0) is 16.6 Å². The van der Waals surface area contributed by atoms with Crippen LogP contribution in [0.25, 0.3) is 10.9 Å². The van der Waals surface area contributed by atoms with Crippen molar-refractivity contribution >= 4 is 29.1 Å². The molecule has 2 aliphatic rings. The molecule has 0 aliphatic carbocycles. The number of ether oxygens (including phenoxy) is 1. The van der Waals surface area contributed by atoms with Crippen molar-refractivity contribution in [3.05, 3.63) is 29.8 Å². The summed E-state index contributed by atoms with van der Waals surface area (Å²) in [6, 6.07) is 9.40. The van der Waals surface area contributed by atoms with Gasteiger partial charge in [0.25, 0.3) is 6.47 Å². The summed E-state index contributed by atoms with van der Waals surface area (Å²) in [4.78, 5) is 13.8. The number of hydrogen-bond donors (Lipinski definition) is 1. The molecule has 0 spiro atoms. The van der Waals surface area contributed by atoms with E-state index in [4.69, 9.17) is 4.74 Å². The van der Waals surface area contributed by atoms with E-state index < -0.39 is 0 Å². The maximum Gasteiger partial charge on any atom is 0.293 e. The molecule has 0 saturated carbocycles. The van der Waals surface area contributed by atoms with E-state index in [9.17, 15) is 4.79 Å². The lowest BCUT2D eigenvalue weighted by molar-refractivity contribution is -0.136. The van der Waals surface area contributed by atoms with E-state index in [1.807, 2.05) is 11.8 Å². The highest BCUT2D eigenvalue weighted by atomic mass is 32.2. The Hall–Kier alpha value is -1.50. The van der Waals surface area contributed by atoms with Crippen molar-refractivity contribution in [3.8, 4) is 0 Å².